The molecule has 1 aromatic carbocycles. The van der Waals surface area contributed by atoms with Crippen molar-refractivity contribution in [3.8, 4) is 11.5 Å². The van der Waals surface area contributed by atoms with Gasteiger partial charge in [-0.1, -0.05) is 37.7 Å². The molecule has 1 atom stereocenters. The van der Waals surface area contributed by atoms with Crippen LogP contribution in [0.2, 0.25) is 0 Å². The fraction of sp³-hybridized carbons (Fsp3) is 0.444. The molecule has 1 aromatic heterocycles. The van der Waals surface area contributed by atoms with Gasteiger partial charge < -0.3 is 19.2 Å². The minimum Gasteiger partial charge on any atom is -0.485 e. The Balaban J connectivity index is 1.44. The highest BCUT2D eigenvalue weighted by Gasteiger charge is 2.27. The number of thioether (sulfide) groups is 1. The predicted molar refractivity (Wildman–Crippen MR) is 101 cm³/mol. The topological polar surface area (TPSA) is 116 Å². The molecule has 0 bridgehead atoms. The summed E-state index contributed by atoms with van der Waals surface area (Å²) in [5.41, 5.74) is 0. The Hall–Kier alpha value is -2.75. The van der Waals surface area contributed by atoms with E-state index in [-0.39, 0.29) is 23.5 Å². The van der Waals surface area contributed by atoms with Gasteiger partial charge >= 0.3 is 6.03 Å². The summed E-state index contributed by atoms with van der Waals surface area (Å²) in [4.78, 5) is 23.5. The van der Waals surface area contributed by atoms with Gasteiger partial charge in [0.1, 0.15) is 6.61 Å². The molecule has 2 N–H and O–H groups in total. The van der Waals surface area contributed by atoms with Gasteiger partial charge in [-0.15, -0.1) is 10.2 Å². The SMILES string of the molecule is CC(C)CCNC(=O)NC(=O)CSc1nnc([C@H]2COc3ccccc3O2)o1. The molecule has 1 aliphatic rings. The third-order valence-corrected chi connectivity index (χ3v) is 4.61. The second-order valence-electron chi connectivity index (χ2n) is 6.55. The Morgan fingerprint density at radius 2 is 2.04 bits per heavy atom. The van der Waals surface area contributed by atoms with Crippen molar-refractivity contribution < 1.29 is 23.5 Å². The molecule has 0 spiro atoms. The second-order valence-corrected chi connectivity index (χ2v) is 7.47. The van der Waals surface area contributed by atoms with Crippen molar-refractivity contribution in [2.24, 2.45) is 5.92 Å². The Labute approximate surface area is 166 Å². The van der Waals surface area contributed by atoms with E-state index >= 15 is 0 Å². The van der Waals surface area contributed by atoms with Crippen LogP contribution >= 0.6 is 11.8 Å². The first-order chi connectivity index (χ1) is 13.5. The number of benzene rings is 1. The molecule has 1 aliphatic heterocycles. The highest BCUT2D eigenvalue weighted by molar-refractivity contribution is 7.99. The molecular weight excluding hydrogens is 384 g/mol. The summed E-state index contributed by atoms with van der Waals surface area (Å²) < 4.78 is 17.0. The number of imide groups is 1. The number of hydrogen-bond donors (Lipinski definition) is 2. The van der Waals surface area contributed by atoms with Gasteiger partial charge in [-0.05, 0) is 24.5 Å². The number of nitrogens with zero attached hydrogens (tertiary/aromatic N) is 2. The molecule has 0 unspecified atom stereocenters. The molecule has 0 saturated carbocycles. The molecule has 0 fully saturated rings. The van der Waals surface area contributed by atoms with E-state index in [1.165, 1.54) is 0 Å². The van der Waals surface area contributed by atoms with Crippen LogP contribution in [0.5, 0.6) is 11.5 Å². The van der Waals surface area contributed by atoms with Crippen molar-refractivity contribution in [3.05, 3.63) is 30.2 Å². The summed E-state index contributed by atoms with van der Waals surface area (Å²) in [5, 5.41) is 13.0. The number of nitrogens with one attached hydrogen (secondary N) is 2. The maximum absolute atomic E-state index is 11.8. The highest BCUT2D eigenvalue weighted by Crippen LogP contribution is 2.35. The molecular formula is C18H22N4O5S. The van der Waals surface area contributed by atoms with Crippen molar-refractivity contribution >= 4 is 23.7 Å². The van der Waals surface area contributed by atoms with Crippen LogP contribution in [0.25, 0.3) is 0 Å². The zero-order chi connectivity index (χ0) is 19.9. The largest absolute Gasteiger partial charge is 0.485 e. The number of aromatic nitrogens is 2. The quantitative estimate of drug-likeness (QED) is 0.674. The second kappa shape index (κ2) is 9.45. The third kappa shape index (κ3) is 5.62. The number of rotatable bonds is 7. The number of fused-ring (bicyclic) bond motifs is 1. The van der Waals surface area contributed by atoms with E-state index in [9.17, 15) is 9.59 Å². The molecule has 10 heteroatoms. The Morgan fingerprint density at radius 3 is 2.82 bits per heavy atom. The molecule has 2 heterocycles. The normalized spacial score (nSPS) is 15.3. The summed E-state index contributed by atoms with van der Waals surface area (Å²) in [5.74, 6) is 1.54. The zero-order valence-electron chi connectivity index (χ0n) is 15.6. The van der Waals surface area contributed by atoms with Gasteiger partial charge in [-0.3, -0.25) is 10.1 Å². The Kier molecular flexibility index (Phi) is 6.75. The molecule has 3 rings (SSSR count). The van der Waals surface area contributed by atoms with E-state index in [0.29, 0.717) is 24.0 Å². The van der Waals surface area contributed by atoms with E-state index in [0.717, 1.165) is 18.2 Å². The van der Waals surface area contributed by atoms with Gasteiger partial charge in [0.05, 0.1) is 5.75 Å². The molecule has 0 aliphatic carbocycles. The van der Waals surface area contributed by atoms with Gasteiger partial charge in [0.2, 0.25) is 12.0 Å². The van der Waals surface area contributed by atoms with Crippen LogP contribution in [0.15, 0.2) is 33.9 Å². The number of amides is 3. The van der Waals surface area contributed by atoms with Gasteiger partial charge in [0, 0.05) is 6.54 Å². The first kappa shape index (κ1) is 20.0. The summed E-state index contributed by atoms with van der Waals surface area (Å²) >= 11 is 1.04. The summed E-state index contributed by atoms with van der Waals surface area (Å²) in [6.07, 6.45) is 0.329. The van der Waals surface area contributed by atoms with E-state index in [4.69, 9.17) is 13.9 Å². The fourth-order valence-electron chi connectivity index (χ4n) is 2.36. The lowest BCUT2D eigenvalue weighted by Crippen LogP contribution is -2.40. The van der Waals surface area contributed by atoms with Crippen LogP contribution in [0.4, 0.5) is 4.79 Å². The van der Waals surface area contributed by atoms with Crippen LogP contribution in [-0.2, 0) is 4.79 Å². The van der Waals surface area contributed by atoms with Crippen molar-refractivity contribution in [1.82, 2.24) is 20.8 Å². The minimum absolute atomic E-state index is 0.0237. The molecule has 3 amide bonds. The minimum atomic E-state index is -0.516. The smallest absolute Gasteiger partial charge is 0.321 e. The standard InChI is InChI=1S/C18H22N4O5S/c1-11(2)7-8-19-17(24)20-15(23)10-28-18-22-21-16(27-18)14-9-25-12-5-3-4-6-13(12)26-14/h3-6,11,14H,7-10H2,1-2H3,(H2,19,20,23,24)/t14-/m1/s1. The maximum atomic E-state index is 11.8. The van der Waals surface area contributed by atoms with Gasteiger partial charge in [0.25, 0.3) is 11.1 Å². The number of carbonyl (C=O) groups excluding carboxylic acids is 2. The number of para-hydroxylation sites is 2. The molecule has 0 saturated heterocycles. The van der Waals surface area contributed by atoms with Crippen LogP contribution in [0, 0.1) is 5.92 Å². The summed E-state index contributed by atoms with van der Waals surface area (Å²) in [7, 11) is 0. The molecule has 150 valence electrons. The first-order valence-electron chi connectivity index (χ1n) is 8.93. The molecule has 2 aromatic rings. The molecule has 9 nitrogen and oxygen atoms in total. The average molecular weight is 406 g/mol. The van der Waals surface area contributed by atoms with E-state index < -0.39 is 18.0 Å². The highest BCUT2D eigenvalue weighted by atomic mass is 32.2. The van der Waals surface area contributed by atoms with Gasteiger partial charge in [0.15, 0.2) is 11.5 Å². The van der Waals surface area contributed by atoms with Crippen molar-refractivity contribution in [2.75, 3.05) is 18.9 Å². The van der Waals surface area contributed by atoms with Crippen molar-refractivity contribution in [3.63, 3.8) is 0 Å². The van der Waals surface area contributed by atoms with Gasteiger partial charge in [-0.2, -0.15) is 0 Å². The summed E-state index contributed by atoms with van der Waals surface area (Å²) in [6, 6.07) is 6.81. The Bertz CT molecular complexity index is 826. The average Bonchev–Trinajstić information content (AvgIpc) is 3.15. The number of hydrogen-bond acceptors (Lipinski definition) is 8. The van der Waals surface area contributed by atoms with Crippen molar-refractivity contribution in [2.45, 2.75) is 31.6 Å². The third-order valence-electron chi connectivity index (χ3n) is 3.79. The van der Waals surface area contributed by atoms with Crippen molar-refractivity contribution in [1.29, 1.82) is 0 Å². The van der Waals surface area contributed by atoms with Crippen LogP contribution < -0.4 is 20.1 Å². The van der Waals surface area contributed by atoms with E-state index in [1.54, 1.807) is 6.07 Å². The zero-order valence-corrected chi connectivity index (χ0v) is 16.5. The fourth-order valence-corrected chi connectivity index (χ4v) is 2.93. The maximum Gasteiger partial charge on any atom is 0.321 e. The molecule has 28 heavy (non-hydrogen) atoms. The van der Waals surface area contributed by atoms with Crippen LogP contribution in [0.3, 0.4) is 0 Å². The lowest BCUT2D eigenvalue weighted by atomic mass is 10.1. The lowest BCUT2D eigenvalue weighted by molar-refractivity contribution is -0.117. The van der Waals surface area contributed by atoms with E-state index in [2.05, 4.69) is 34.7 Å². The van der Waals surface area contributed by atoms with Crippen LogP contribution in [-0.4, -0.2) is 41.0 Å². The van der Waals surface area contributed by atoms with E-state index in [1.807, 2.05) is 18.2 Å². The first-order valence-corrected chi connectivity index (χ1v) is 9.92. The monoisotopic (exact) mass is 406 g/mol. The van der Waals surface area contributed by atoms with Crippen LogP contribution in [0.1, 0.15) is 32.3 Å². The Morgan fingerprint density at radius 1 is 1.25 bits per heavy atom. The van der Waals surface area contributed by atoms with Gasteiger partial charge in [-0.25, -0.2) is 4.79 Å². The molecule has 0 radical (unpaired) electrons. The predicted octanol–water partition coefficient (Wildman–Crippen LogP) is 2.55. The number of carbonyl (C=O) groups is 2. The summed E-state index contributed by atoms with van der Waals surface area (Å²) in [6.45, 7) is 4.89. The number of urea groups is 1. The number of ether oxygens (including phenoxy) is 2. The lowest BCUT2D eigenvalue weighted by Gasteiger charge is -2.23.